The summed E-state index contributed by atoms with van der Waals surface area (Å²) in [5.74, 6) is -0.761. The van der Waals surface area contributed by atoms with E-state index in [-0.39, 0.29) is 17.4 Å². The Labute approximate surface area is 147 Å². The fraction of sp³-hybridized carbons (Fsp3) is 0.350. The number of nitrogens with zero attached hydrogens (tertiary/aromatic N) is 1. The molecular weight excluding hydrogens is 319 g/mol. The van der Waals surface area contributed by atoms with E-state index in [1.54, 1.807) is 12.1 Å². The summed E-state index contributed by atoms with van der Waals surface area (Å²) in [6, 6.07) is 15.0. The highest BCUT2D eigenvalue weighted by atomic mass is 19.1. The number of hydrogen-bond acceptors (Lipinski definition) is 4. The van der Waals surface area contributed by atoms with E-state index in [0.29, 0.717) is 25.4 Å². The van der Waals surface area contributed by atoms with Crippen molar-refractivity contribution in [2.75, 3.05) is 38.2 Å². The van der Waals surface area contributed by atoms with Crippen LogP contribution in [0.15, 0.2) is 48.5 Å². The summed E-state index contributed by atoms with van der Waals surface area (Å²) in [6.07, 6.45) is 0. The third-order valence-corrected chi connectivity index (χ3v) is 4.52. The summed E-state index contributed by atoms with van der Waals surface area (Å²) in [4.78, 5) is 14.2. The molecule has 0 aromatic heterocycles. The highest BCUT2D eigenvalue weighted by Crippen LogP contribution is 2.25. The average molecular weight is 342 g/mol. The number of morpholine rings is 1. The molecule has 0 spiro atoms. The van der Waals surface area contributed by atoms with Gasteiger partial charge in [0.2, 0.25) is 0 Å². The van der Waals surface area contributed by atoms with Gasteiger partial charge < -0.3 is 10.1 Å². The Morgan fingerprint density at radius 3 is 2.56 bits per heavy atom. The molecule has 0 amide bonds. The van der Waals surface area contributed by atoms with Crippen LogP contribution in [-0.4, -0.2) is 43.5 Å². The van der Waals surface area contributed by atoms with Crippen LogP contribution in [0.4, 0.5) is 10.1 Å². The molecule has 0 radical (unpaired) electrons. The molecule has 5 heteroatoms. The van der Waals surface area contributed by atoms with Crippen molar-refractivity contribution in [2.45, 2.75) is 13.0 Å². The van der Waals surface area contributed by atoms with Gasteiger partial charge in [-0.1, -0.05) is 36.4 Å². The van der Waals surface area contributed by atoms with Gasteiger partial charge in [0, 0.05) is 25.3 Å². The number of benzene rings is 2. The third-order valence-electron chi connectivity index (χ3n) is 4.52. The van der Waals surface area contributed by atoms with Crippen molar-refractivity contribution in [3.63, 3.8) is 0 Å². The molecule has 1 saturated heterocycles. The largest absolute Gasteiger partial charge is 0.382 e. The van der Waals surface area contributed by atoms with Gasteiger partial charge in [0.15, 0.2) is 5.78 Å². The van der Waals surface area contributed by atoms with Crippen molar-refractivity contribution in [3.05, 3.63) is 65.5 Å². The minimum Gasteiger partial charge on any atom is -0.382 e. The number of ketones is 1. The van der Waals surface area contributed by atoms with Crippen LogP contribution in [-0.2, 0) is 4.74 Å². The first kappa shape index (κ1) is 17.6. The molecule has 132 valence electrons. The van der Waals surface area contributed by atoms with E-state index in [1.807, 2.05) is 18.2 Å². The maximum absolute atomic E-state index is 14.0. The zero-order valence-electron chi connectivity index (χ0n) is 14.4. The Morgan fingerprint density at radius 2 is 1.88 bits per heavy atom. The van der Waals surface area contributed by atoms with Gasteiger partial charge >= 0.3 is 0 Å². The van der Waals surface area contributed by atoms with Crippen molar-refractivity contribution in [1.29, 1.82) is 0 Å². The summed E-state index contributed by atoms with van der Waals surface area (Å²) >= 11 is 0. The lowest BCUT2D eigenvalue weighted by Crippen LogP contribution is -2.41. The molecule has 0 saturated carbocycles. The van der Waals surface area contributed by atoms with Crippen LogP contribution in [0.1, 0.15) is 28.9 Å². The van der Waals surface area contributed by atoms with Gasteiger partial charge in [-0.15, -0.1) is 0 Å². The summed E-state index contributed by atoms with van der Waals surface area (Å²) in [6.45, 7) is 5.10. The topological polar surface area (TPSA) is 41.6 Å². The van der Waals surface area contributed by atoms with Gasteiger partial charge in [-0.3, -0.25) is 9.69 Å². The first-order valence-electron chi connectivity index (χ1n) is 8.57. The van der Waals surface area contributed by atoms with E-state index >= 15 is 0 Å². The van der Waals surface area contributed by atoms with Crippen molar-refractivity contribution in [2.24, 2.45) is 0 Å². The van der Waals surface area contributed by atoms with E-state index in [1.165, 1.54) is 18.6 Å². The van der Waals surface area contributed by atoms with E-state index < -0.39 is 5.82 Å². The second-order valence-corrected chi connectivity index (χ2v) is 6.17. The molecule has 1 N–H and O–H groups in total. The van der Waals surface area contributed by atoms with E-state index in [4.69, 9.17) is 4.74 Å². The SMILES string of the molecule is CC(=O)c1c(F)cccc1NCC(c1ccccc1)N1CCOCC1. The van der Waals surface area contributed by atoms with E-state index in [0.717, 1.165) is 13.1 Å². The molecule has 25 heavy (non-hydrogen) atoms. The zero-order chi connectivity index (χ0) is 17.6. The summed E-state index contributed by atoms with van der Waals surface area (Å²) in [5, 5.41) is 3.29. The molecule has 1 atom stereocenters. The van der Waals surface area contributed by atoms with Crippen LogP contribution < -0.4 is 5.32 Å². The van der Waals surface area contributed by atoms with Gasteiger partial charge in [0.1, 0.15) is 5.82 Å². The lowest BCUT2D eigenvalue weighted by Gasteiger charge is -2.35. The molecule has 4 nitrogen and oxygen atoms in total. The zero-order valence-corrected chi connectivity index (χ0v) is 14.4. The molecule has 1 aliphatic heterocycles. The fourth-order valence-electron chi connectivity index (χ4n) is 3.26. The third kappa shape index (κ3) is 4.24. The Balaban J connectivity index is 1.82. The molecule has 0 aliphatic carbocycles. The normalized spacial score (nSPS) is 16.4. The predicted molar refractivity (Wildman–Crippen MR) is 96.5 cm³/mol. The molecule has 0 bridgehead atoms. The Morgan fingerprint density at radius 1 is 1.16 bits per heavy atom. The van der Waals surface area contributed by atoms with Crippen LogP contribution in [0.2, 0.25) is 0 Å². The van der Waals surface area contributed by atoms with Crippen LogP contribution in [0.3, 0.4) is 0 Å². The lowest BCUT2D eigenvalue weighted by atomic mass is 10.0. The van der Waals surface area contributed by atoms with Crippen molar-refractivity contribution in [3.8, 4) is 0 Å². The first-order chi connectivity index (χ1) is 12.2. The predicted octanol–water partition coefficient (Wildman–Crippen LogP) is 3.51. The fourth-order valence-corrected chi connectivity index (χ4v) is 3.26. The van der Waals surface area contributed by atoms with Gasteiger partial charge in [-0.25, -0.2) is 4.39 Å². The second kappa shape index (κ2) is 8.23. The minimum absolute atomic E-state index is 0.122. The number of hydrogen-bond donors (Lipinski definition) is 1. The van der Waals surface area contributed by atoms with Crippen LogP contribution >= 0.6 is 0 Å². The minimum atomic E-state index is -0.486. The maximum Gasteiger partial charge on any atom is 0.164 e. The Hall–Kier alpha value is -2.24. The highest BCUT2D eigenvalue weighted by Gasteiger charge is 2.23. The number of carbonyl (C=O) groups excluding carboxylic acids is 1. The maximum atomic E-state index is 14.0. The Bertz CT molecular complexity index is 715. The second-order valence-electron chi connectivity index (χ2n) is 6.17. The number of halogens is 1. The molecule has 1 heterocycles. The van der Waals surface area contributed by atoms with E-state index in [2.05, 4.69) is 22.3 Å². The smallest absolute Gasteiger partial charge is 0.164 e. The number of ether oxygens (including phenoxy) is 1. The summed E-state index contributed by atoms with van der Waals surface area (Å²) in [5.41, 5.74) is 1.86. The number of rotatable bonds is 6. The monoisotopic (exact) mass is 342 g/mol. The summed E-state index contributed by atoms with van der Waals surface area (Å²) in [7, 11) is 0. The average Bonchev–Trinajstić information content (AvgIpc) is 2.63. The molecule has 2 aromatic carbocycles. The quantitative estimate of drug-likeness (QED) is 0.816. The number of nitrogens with one attached hydrogen (secondary N) is 1. The van der Waals surface area contributed by atoms with Gasteiger partial charge in [-0.2, -0.15) is 0 Å². The van der Waals surface area contributed by atoms with Gasteiger partial charge in [0.05, 0.1) is 24.8 Å². The van der Waals surface area contributed by atoms with Crippen LogP contribution in [0.5, 0.6) is 0 Å². The molecule has 1 fully saturated rings. The van der Waals surface area contributed by atoms with Crippen molar-refractivity contribution < 1.29 is 13.9 Å². The first-order valence-corrected chi connectivity index (χ1v) is 8.57. The molecule has 2 aromatic rings. The number of Topliss-reactive ketones (excluding diaryl/α,β-unsaturated/α-hetero) is 1. The molecular formula is C20H23FN2O2. The molecule has 1 aliphatic rings. The lowest BCUT2D eigenvalue weighted by molar-refractivity contribution is 0.0187. The molecule has 3 rings (SSSR count). The Kier molecular flexibility index (Phi) is 5.79. The van der Waals surface area contributed by atoms with Crippen molar-refractivity contribution >= 4 is 11.5 Å². The van der Waals surface area contributed by atoms with Crippen molar-refractivity contribution in [1.82, 2.24) is 4.90 Å². The number of anilines is 1. The highest BCUT2D eigenvalue weighted by molar-refractivity contribution is 5.99. The van der Waals surface area contributed by atoms with Crippen LogP contribution in [0.25, 0.3) is 0 Å². The van der Waals surface area contributed by atoms with Gasteiger partial charge in [0.25, 0.3) is 0 Å². The summed E-state index contributed by atoms with van der Waals surface area (Å²) < 4.78 is 19.5. The van der Waals surface area contributed by atoms with Gasteiger partial charge in [-0.05, 0) is 24.6 Å². The van der Waals surface area contributed by atoms with Crippen LogP contribution in [0, 0.1) is 5.82 Å². The number of carbonyl (C=O) groups is 1. The van der Waals surface area contributed by atoms with E-state index in [9.17, 15) is 9.18 Å². The molecule has 1 unspecified atom stereocenters. The standard InChI is InChI=1S/C20H23FN2O2/c1-15(24)20-17(21)8-5-9-18(20)22-14-19(16-6-3-2-4-7-16)23-10-12-25-13-11-23/h2-9,19,22H,10-14H2,1H3.